The maximum absolute atomic E-state index is 12.4. The van der Waals surface area contributed by atoms with Gasteiger partial charge in [0.05, 0.1) is 11.8 Å². The third-order valence-corrected chi connectivity index (χ3v) is 8.46. The number of carbonyl (C=O) groups is 1. The van der Waals surface area contributed by atoms with Crippen LogP contribution in [0.15, 0.2) is 14.5 Å². The summed E-state index contributed by atoms with van der Waals surface area (Å²) in [5.41, 5.74) is 0.320. The summed E-state index contributed by atoms with van der Waals surface area (Å²) in [5.74, 6) is -0.671. The van der Waals surface area contributed by atoms with Gasteiger partial charge in [-0.05, 0) is 13.0 Å². The highest BCUT2D eigenvalue weighted by Gasteiger charge is 2.36. The molecule has 0 radical (unpaired) electrons. The summed E-state index contributed by atoms with van der Waals surface area (Å²) in [7, 11) is -7.62. The first kappa shape index (κ1) is 17.4. The Kier molecular flexibility index (Phi) is 4.42. The van der Waals surface area contributed by atoms with Gasteiger partial charge in [-0.25, -0.2) is 22.0 Å². The smallest absolute Gasteiger partial charge is 0.247 e. The molecule has 10 heteroatoms. The molecule has 1 amide bonds. The van der Waals surface area contributed by atoms with Crippen molar-refractivity contribution in [2.24, 2.45) is 11.1 Å². The van der Waals surface area contributed by atoms with E-state index in [0.717, 1.165) is 0 Å². The van der Waals surface area contributed by atoms with Crippen LogP contribution in [0.3, 0.4) is 0 Å². The summed E-state index contributed by atoms with van der Waals surface area (Å²) in [6.45, 7) is 5.25. The van der Waals surface area contributed by atoms with Crippen molar-refractivity contribution in [3.8, 4) is 0 Å². The van der Waals surface area contributed by atoms with Gasteiger partial charge >= 0.3 is 0 Å². The molecule has 2 rings (SSSR count). The lowest BCUT2D eigenvalue weighted by Crippen LogP contribution is -2.37. The van der Waals surface area contributed by atoms with Crippen LogP contribution in [-0.4, -0.2) is 39.9 Å². The molecular weight excluding hydrogens is 348 g/mol. The Balaban J connectivity index is 2.62. The molecule has 1 atom stereocenters. The minimum Gasteiger partial charge on any atom is -0.335 e. The van der Waals surface area contributed by atoms with Gasteiger partial charge in [0.1, 0.15) is 8.42 Å². The summed E-state index contributed by atoms with van der Waals surface area (Å²) >= 11 is 0.650. The molecule has 1 aliphatic rings. The minimum absolute atomic E-state index is 0.0110. The molecule has 124 valence electrons. The fourth-order valence-electron chi connectivity index (χ4n) is 2.35. The maximum Gasteiger partial charge on any atom is 0.247 e. The van der Waals surface area contributed by atoms with Crippen LogP contribution in [0, 0.1) is 5.92 Å². The lowest BCUT2D eigenvalue weighted by Gasteiger charge is -2.28. The van der Waals surface area contributed by atoms with Crippen molar-refractivity contribution in [1.82, 2.24) is 4.90 Å². The third-order valence-electron chi connectivity index (χ3n) is 3.56. The summed E-state index contributed by atoms with van der Waals surface area (Å²) in [6.07, 6.45) is 0. The monoisotopic (exact) mass is 366 g/mol. The zero-order chi connectivity index (χ0) is 16.9. The number of sulfone groups is 1. The molecule has 1 aliphatic heterocycles. The summed E-state index contributed by atoms with van der Waals surface area (Å²) in [5, 5.41) is 5.09. The predicted octanol–water partition coefficient (Wildman–Crippen LogP) is 0.728. The van der Waals surface area contributed by atoms with Crippen LogP contribution >= 0.6 is 11.3 Å². The van der Waals surface area contributed by atoms with Gasteiger partial charge in [-0.3, -0.25) is 4.79 Å². The maximum atomic E-state index is 12.4. The average molecular weight is 366 g/mol. The van der Waals surface area contributed by atoms with Crippen LogP contribution in [-0.2, 0) is 24.7 Å². The first-order valence-electron chi connectivity index (χ1n) is 6.65. The number of sulfonamides is 1. The molecule has 0 aliphatic carbocycles. The molecule has 1 aromatic heterocycles. The number of rotatable bonds is 2. The molecule has 0 fully saturated rings. The lowest BCUT2D eigenvalue weighted by molar-refractivity contribution is -0.136. The molecule has 0 bridgehead atoms. The van der Waals surface area contributed by atoms with E-state index in [1.807, 2.05) is 0 Å². The molecule has 2 N–H and O–H groups in total. The fourth-order valence-corrected chi connectivity index (χ4v) is 6.46. The zero-order valence-corrected chi connectivity index (χ0v) is 14.9. The zero-order valence-electron chi connectivity index (χ0n) is 12.4. The SMILES string of the molecule is CC(C)C(=O)N1CCS(=O)(=O)c2sc(S(N)(=O)=O)cc2C1C. The summed E-state index contributed by atoms with van der Waals surface area (Å²) in [6, 6.07) is 0.748. The Morgan fingerprint density at radius 1 is 1.45 bits per heavy atom. The van der Waals surface area contributed by atoms with Crippen LogP contribution in [0.2, 0.25) is 0 Å². The fraction of sp³-hybridized carbons (Fsp3) is 0.583. The molecule has 0 saturated carbocycles. The van der Waals surface area contributed by atoms with E-state index in [0.29, 0.717) is 16.9 Å². The molecule has 1 unspecified atom stereocenters. The van der Waals surface area contributed by atoms with Crippen LogP contribution in [0.1, 0.15) is 32.4 Å². The van der Waals surface area contributed by atoms with E-state index in [-0.39, 0.29) is 32.5 Å². The Hall–Kier alpha value is -0.970. The van der Waals surface area contributed by atoms with Gasteiger partial charge in [0.2, 0.25) is 15.9 Å². The average Bonchev–Trinajstić information content (AvgIpc) is 2.80. The molecule has 0 aromatic carbocycles. The van der Waals surface area contributed by atoms with Crippen LogP contribution in [0.4, 0.5) is 0 Å². The van der Waals surface area contributed by atoms with E-state index in [1.54, 1.807) is 20.8 Å². The van der Waals surface area contributed by atoms with Gasteiger partial charge in [0, 0.05) is 18.0 Å². The molecular formula is C12H18N2O5S3. The van der Waals surface area contributed by atoms with E-state index in [4.69, 9.17) is 5.14 Å². The predicted molar refractivity (Wildman–Crippen MR) is 82.7 cm³/mol. The lowest BCUT2D eigenvalue weighted by atomic mass is 10.1. The highest BCUT2D eigenvalue weighted by molar-refractivity contribution is 7.95. The third kappa shape index (κ3) is 3.05. The number of nitrogens with two attached hydrogens (primary N) is 1. The molecule has 2 heterocycles. The van der Waals surface area contributed by atoms with Gasteiger partial charge in [0.15, 0.2) is 9.84 Å². The van der Waals surface area contributed by atoms with Gasteiger partial charge in [-0.2, -0.15) is 0 Å². The first-order chi connectivity index (χ1) is 9.95. The van der Waals surface area contributed by atoms with Crippen molar-refractivity contribution in [2.45, 2.75) is 35.2 Å². The van der Waals surface area contributed by atoms with Gasteiger partial charge in [-0.15, -0.1) is 11.3 Å². The largest absolute Gasteiger partial charge is 0.335 e. The van der Waals surface area contributed by atoms with Crippen molar-refractivity contribution in [2.75, 3.05) is 12.3 Å². The molecule has 0 spiro atoms. The van der Waals surface area contributed by atoms with Crippen LogP contribution < -0.4 is 5.14 Å². The number of hydrogen-bond acceptors (Lipinski definition) is 6. The number of hydrogen-bond donors (Lipinski definition) is 1. The summed E-state index contributed by atoms with van der Waals surface area (Å²) in [4.78, 5) is 13.8. The van der Waals surface area contributed by atoms with Crippen LogP contribution in [0.5, 0.6) is 0 Å². The molecule has 0 saturated heterocycles. The van der Waals surface area contributed by atoms with E-state index < -0.39 is 25.9 Å². The van der Waals surface area contributed by atoms with E-state index in [9.17, 15) is 21.6 Å². The topological polar surface area (TPSA) is 115 Å². The van der Waals surface area contributed by atoms with Crippen molar-refractivity contribution >= 4 is 37.1 Å². The molecule has 7 nitrogen and oxygen atoms in total. The number of amides is 1. The van der Waals surface area contributed by atoms with Crippen molar-refractivity contribution < 1.29 is 21.6 Å². The summed E-state index contributed by atoms with van der Waals surface area (Å²) < 4.78 is 47.5. The minimum atomic E-state index is -3.99. The van der Waals surface area contributed by atoms with Crippen molar-refractivity contribution in [3.05, 3.63) is 11.6 Å². The quantitative estimate of drug-likeness (QED) is 0.828. The Morgan fingerprint density at radius 2 is 2.05 bits per heavy atom. The molecule has 22 heavy (non-hydrogen) atoms. The second kappa shape index (κ2) is 5.59. The van der Waals surface area contributed by atoms with Gasteiger partial charge in [0.25, 0.3) is 0 Å². The number of nitrogens with zero attached hydrogens (tertiary/aromatic N) is 1. The second-order valence-electron chi connectivity index (χ2n) is 5.53. The Labute approximate surface area is 134 Å². The van der Waals surface area contributed by atoms with Crippen molar-refractivity contribution in [3.63, 3.8) is 0 Å². The van der Waals surface area contributed by atoms with Crippen LogP contribution in [0.25, 0.3) is 0 Å². The number of carbonyl (C=O) groups excluding carboxylic acids is 1. The molecule has 1 aromatic rings. The van der Waals surface area contributed by atoms with Gasteiger partial charge in [-0.1, -0.05) is 13.8 Å². The number of primary sulfonamides is 1. The number of thiophene rings is 1. The second-order valence-corrected chi connectivity index (χ2v) is 10.7. The standard InChI is InChI=1S/C12H18N2O5S3/c1-7(2)11(15)14-4-5-21(16,17)12-9(8(14)3)6-10(20-12)22(13,18)19/h6-8H,4-5H2,1-3H3,(H2,13,18,19). The van der Waals surface area contributed by atoms with Gasteiger partial charge < -0.3 is 4.90 Å². The Bertz CT molecular complexity index is 808. The highest BCUT2D eigenvalue weighted by atomic mass is 32.3. The van der Waals surface area contributed by atoms with Crippen molar-refractivity contribution in [1.29, 1.82) is 0 Å². The number of fused-ring (bicyclic) bond motifs is 1. The normalized spacial score (nSPS) is 21.5. The Morgan fingerprint density at radius 3 is 2.55 bits per heavy atom. The highest BCUT2D eigenvalue weighted by Crippen LogP contribution is 2.39. The van der Waals surface area contributed by atoms with E-state index >= 15 is 0 Å². The van der Waals surface area contributed by atoms with E-state index in [2.05, 4.69) is 0 Å². The van der Waals surface area contributed by atoms with E-state index in [1.165, 1.54) is 11.0 Å². The first-order valence-corrected chi connectivity index (χ1v) is 10.7.